The van der Waals surface area contributed by atoms with E-state index >= 15 is 0 Å². The zero-order valence-corrected chi connectivity index (χ0v) is 14.2. The molecule has 0 amide bonds. The summed E-state index contributed by atoms with van der Waals surface area (Å²) in [6.07, 6.45) is 3.79. The third kappa shape index (κ3) is 2.75. The summed E-state index contributed by atoms with van der Waals surface area (Å²) in [6.45, 7) is 7.93. The highest BCUT2D eigenvalue weighted by Crippen LogP contribution is 2.26. The number of aryl methyl sites for hydroxylation is 2. The number of pyridine rings is 1. The van der Waals surface area contributed by atoms with Gasteiger partial charge >= 0.3 is 0 Å². The van der Waals surface area contributed by atoms with Gasteiger partial charge in [-0.25, -0.2) is 9.50 Å². The maximum atomic E-state index is 4.66. The van der Waals surface area contributed by atoms with Crippen LogP contribution in [0.5, 0.6) is 0 Å². The molecule has 1 atom stereocenters. The van der Waals surface area contributed by atoms with Gasteiger partial charge < -0.3 is 5.32 Å². The van der Waals surface area contributed by atoms with Crippen LogP contribution in [0, 0.1) is 13.8 Å². The van der Waals surface area contributed by atoms with E-state index in [4.69, 9.17) is 0 Å². The Kier molecular flexibility index (Phi) is 3.84. The summed E-state index contributed by atoms with van der Waals surface area (Å²) in [5.41, 5.74) is 3.53. The van der Waals surface area contributed by atoms with Crippen LogP contribution in [-0.4, -0.2) is 44.1 Å². The molecule has 1 aliphatic heterocycles. The quantitative estimate of drug-likeness (QED) is 0.796. The van der Waals surface area contributed by atoms with E-state index in [0.29, 0.717) is 6.04 Å². The fourth-order valence-corrected chi connectivity index (χ4v) is 4.00. The first-order chi connectivity index (χ1) is 11.2. The van der Waals surface area contributed by atoms with Crippen molar-refractivity contribution in [1.29, 1.82) is 0 Å². The van der Waals surface area contributed by atoms with Crippen molar-refractivity contribution in [2.24, 2.45) is 0 Å². The highest BCUT2D eigenvalue weighted by Gasteiger charge is 2.26. The van der Waals surface area contributed by atoms with Crippen molar-refractivity contribution in [1.82, 2.24) is 29.8 Å². The Balaban J connectivity index is 1.66. The van der Waals surface area contributed by atoms with Crippen molar-refractivity contribution in [2.45, 2.75) is 26.4 Å². The number of imidazole rings is 1. The Morgan fingerprint density at radius 2 is 2.30 bits per heavy atom. The summed E-state index contributed by atoms with van der Waals surface area (Å²) in [5.74, 6) is 0. The van der Waals surface area contributed by atoms with Crippen LogP contribution < -0.4 is 5.32 Å². The van der Waals surface area contributed by atoms with Crippen LogP contribution in [0.3, 0.4) is 0 Å². The van der Waals surface area contributed by atoms with Crippen molar-refractivity contribution in [3.63, 3.8) is 0 Å². The van der Waals surface area contributed by atoms with Gasteiger partial charge in [0, 0.05) is 44.6 Å². The lowest BCUT2D eigenvalue weighted by Crippen LogP contribution is -2.45. The average Bonchev–Trinajstić information content (AvgIpc) is 3.05. The molecular formula is C16H20N6S. The standard InChI is InChI=1S/C16H20N6S/c1-11-15(22-16(19-11)23-12(2)20-22)10-21-7-6-18-9-14(21)13-4-3-5-17-8-13/h3-5,8,14,18H,6-7,9-10H2,1-2H3. The van der Waals surface area contributed by atoms with Gasteiger partial charge in [-0.2, -0.15) is 5.10 Å². The predicted octanol–water partition coefficient (Wildman–Crippen LogP) is 1.95. The Bertz CT molecular complexity index is 809. The molecule has 1 saturated heterocycles. The van der Waals surface area contributed by atoms with Crippen molar-refractivity contribution in [2.75, 3.05) is 19.6 Å². The smallest absolute Gasteiger partial charge is 0.212 e. The largest absolute Gasteiger partial charge is 0.314 e. The second kappa shape index (κ2) is 5.99. The SMILES string of the molecule is Cc1nn2c(CN3CCNCC3c3cccnc3)c(C)nc2s1. The molecule has 3 aromatic heterocycles. The molecule has 0 spiro atoms. The molecule has 1 aliphatic rings. The zero-order valence-electron chi connectivity index (χ0n) is 13.4. The number of rotatable bonds is 3. The maximum Gasteiger partial charge on any atom is 0.212 e. The molecule has 1 fully saturated rings. The van der Waals surface area contributed by atoms with Crippen molar-refractivity contribution >= 4 is 16.3 Å². The Morgan fingerprint density at radius 1 is 1.39 bits per heavy atom. The van der Waals surface area contributed by atoms with E-state index in [1.807, 2.05) is 29.9 Å². The number of aromatic nitrogens is 4. The van der Waals surface area contributed by atoms with Gasteiger partial charge in [-0.1, -0.05) is 17.4 Å². The summed E-state index contributed by atoms with van der Waals surface area (Å²) >= 11 is 1.65. The molecule has 3 aromatic rings. The Morgan fingerprint density at radius 3 is 3.13 bits per heavy atom. The van der Waals surface area contributed by atoms with Crippen LogP contribution in [0.2, 0.25) is 0 Å². The van der Waals surface area contributed by atoms with Crippen LogP contribution in [-0.2, 0) is 6.54 Å². The molecule has 4 heterocycles. The second-order valence-electron chi connectivity index (χ2n) is 5.94. The van der Waals surface area contributed by atoms with Crippen LogP contribution in [0.1, 0.15) is 28.0 Å². The van der Waals surface area contributed by atoms with E-state index in [2.05, 4.69) is 38.3 Å². The molecule has 1 unspecified atom stereocenters. The van der Waals surface area contributed by atoms with E-state index in [1.165, 1.54) is 11.3 Å². The maximum absolute atomic E-state index is 4.66. The lowest BCUT2D eigenvalue weighted by Gasteiger charge is -2.36. The molecule has 1 N–H and O–H groups in total. The molecule has 120 valence electrons. The van der Waals surface area contributed by atoms with Gasteiger partial charge in [-0.05, 0) is 25.5 Å². The molecule has 7 heteroatoms. The molecule has 0 aromatic carbocycles. The molecule has 0 radical (unpaired) electrons. The van der Waals surface area contributed by atoms with Gasteiger partial charge in [0.1, 0.15) is 5.01 Å². The molecule has 0 saturated carbocycles. The predicted molar refractivity (Wildman–Crippen MR) is 90.6 cm³/mol. The first-order valence-corrected chi connectivity index (χ1v) is 8.70. The highest BCUT2D eigenvalue weighted by atomic mass is 32.1. The fraction of sp³-hybridized carbons (Fsp3) is 0.438. The minimum absolute atomic E-state index is 0.335. The lowest BCUT2D eigenvalue weighted by atomic mass is 10.0. The molecule has 0 aliphatic carbocycles. The molecule has 6 nitrogen and oxygen atoms in total. The highest BCUT2D eigenvalue weighted by molar-refractivity contribution is 7.16. The minimum atomic E-state index is 0.335. The van der Waals surface area contributed by atoms with Gasteiger partial charge in [0.25, 0.3) is 0 Å². The van der Waals surface area contributed by atoms with Crippen molar-refractivity contribution in [3.8, 4) is 0 Å². The zero-order chi connectivity index (χ0) is 15.8. The Labute approximate surface area is 139 Å². The van der Waals surface area contributed by atoms with Crippen LogP contribution in [0.4, 0.5) is 0 Å². The van der Waals surface area contributed by atoms with Gasteiger partial charge in [0.15, 0.2) is 0 Å². The van der Waals surface area contributed by atoms with Crippen molar-refractivity contribution < 1.29 is 0 Å². The van der Waals surface area contributed by atoms with E-state index in [-0.39, 0.29) is 0 Å². The number of hydrogen-bond acceptors (Lipinski definition) is 6. The number of piperazine rings is 1. The molecular weight excluding hydrogens is 308 g/mol. The van der Waals surface area contributed by atoms with E-state index < -0.39 is 0 Å². The van der Waals surface area contributed by atoms with Gasteiger partial charge in [0.2, 0.25) is 4.96 Å². The first kappa shape index (κ1) is 14.7. The summed E-state index contributed by atoms with van der Waals surface area (Å²) in [7, 11) is 0. The van der Waals surface area contributed by atoms with Crippen LogP contribution in [0.15, 0.2) is 24.5 Å². The van der Waals surface area contributed by atoms with Crippen molar-refractivity contribution in [3.05, 3.63) is 46.5 Å². The Hall–Kier alpha value is -1.83. The van der Waals surface area contributed by atoms with Crippen LogP contribution in [0.25, 0.3) is 4.96 Å². The summed E-state index contributed by atoms with van der Waals surface area (Å²) in [6, 6.07) is 4.50. The average molecular weight is 328 g/mol. The third-order valence-electron chi connectivity index (χ3n) is 4.37. The van der Waals surface area contributed by atoms with E-state index in [0.717, 1.165) is 41.8 Å². The second-order valence-corrected chi connectivity index (χ2v) is 7.10. The fourth-order valence-electron chi connectivity index (χ4n) is 3.20. The molecule has 0 bridgehead atoms. The lowest BCUT2D eigenvalue weighted by molar-refractivity contribution is 0.150. The molecule has 23 heavy (non-hydrogen) atoms. The van der Waals surface area contributed by atoms with E-state index in [1.54, 1.807) is 11.3 Å². The monoisotopic (exact) mass is 328 g/mol. The summed E-state index contributed by atoms with van der Waals surface area (Å²) in [5, 5.41) is 9.16. The van der Waals surface area contributed by atoms with Gasteiger partial charge in [-0.15, -0.1) is 0 Å². The van der Waals surface area contributed by atoms with E-state index in [9.17, 15) is 0 Å². The summed E-state index contributed by atoms with van der Waals surface area (Å²) < 4.78 is 2.01. The summed E-state index contributed by atoms with van der Waals surface area (Å²) in [4.78, 5) is 12.4. The van der Waals surface area contributed by atoms with Gasteiger partial charge in [-0.3, -0.25) is 9.88 Å². The number of hydrogen-bond donors (Lipinski definition) is 1. The van der Waals surface area contributed by atoms with Gasteiger partial charge in [0.05, 0.1) is 11.4 Å². The normalized spacial score (nSPS) is 19.5. The number of nitrogens with one attached hydrogen (secondary N) is 1. The number of nitrogens with zero attached hydrogens (tertiary/aromatic N) is 5. The molecule has 4 rings (SSSR count). The third-order valence-corrected chi connectivity index (χ3v) is 5.20. The minimum Gasteiger partial charge on any atom is -0.314 e. The topological polar surface area (TPSA) is 58.4 Å². The number of fused-ring (bicyclic) bond motifs is 1. The first-order valence-electron chi connectivity index (χ1n) is 7.88. The van der Waals surface area contributed by atoms with Crippen LogP contribution >= 0.6 is 11.3 Å².